The predicted molar refractivity (Wildman–Crippen MR) is 77.3 cm³/mol. The lowest BCUT2D eigenvalue weighted by atomic mass is 9.79. The second-order valence-electron chi connectivity index (χ2n) is 6.07. The Morgan fingerprint density at radius 3 is 2.95 bits per heavy atom. The normalized spacial score (nSPS) is 25.8. The van der Waals surface area contributed by atoms with Gasteiger partial charge in [0.05, 0.1) is 10.5 Å². The molecule has 1 aliphatic carbocycles. The summed E-state index contributed by atoms with van der Waals surface area (Å²) in [6.45, 7) is 2.97. The molecule has 2 atom stereocenters. The number of hydrogen-bond acceptors (Lipinski definition) is 4. The SMILES string of the molecule is CC1CCCC(O)(CNCc2ccc([N+](=O)[O-])c(F)c2)C1. The van der Waals surface area contributed by atoms with Crippen molar-refractivity contribution in [2.24, 2.45) is 5.92 Å². The third-order valence-electron chi connectivity index (χ3n) is 4.06. The van der Waals surface area contributed by atoms with Crippen LogP contribution in [-0.4, -0.2) is 22.2 Å². The highest BCUT2D eigenvalue weighted by molar-refractivity contribution is 5.34. The summed E-state index contributed by atoms with van der Waals surface area (Å²) in [5.41, 5.74) is -0.583. The van der Waals surface area contributed by atoms with Gasteiger partial charge in [0, 0.05) is 19.2 Å². The summed E-state index contributed by atoms with van der Waals surface area (Å²) in [5.74, 6) is -0.313. The van der Waals surface area contributed by atoms with Crippen LogP contribution >= 0.6 is 0 Å². The molecule has 1 aliphatic rings. The van der Waals surface area contributed by atoms with E-state index in [1.54, 1.807) is 0 Å². The minimum absolute atomic E-state index is 0.381. The minimum atomic E-state index is -0.829. The standard InChI is InChI=1S/C15H21FN2O3/c1-11-3-2-6-15(19,8-11)10-17-9-12-4-5-14(18(20)21)13(16)7-12/h4-5,7,11,17,19H,2-3,6,8-10H2,1H3. The summed E-state index contributed by atoms with van der Waals surface area (Å²) < 4.78 is 13.5. The van der Waals surface area contributed by atoms with Crippen molar-refractivity contribution in [3.63, 3.8) is 0 Å². The van der Waals surface area contributed by atoms with E-state index in [-0.39, 0.29) is 0 Å². The molecule has 2 N–H and O–H groups in total. The molecule has 1 fully saturated rings. The Kier molecular flexibility index (Phi) is 4.90. The number of benzene rings is 1. The average molecular weight is 296 g/mol. The van der Waals surface area contributed by atoms with Crippen LogP contribution in [0.1, 0.15) is 38.2 Å². The van der Waals surface area contributed by atoms with Gasteiger partial charge in [-0.1, -0.05) is 25.8 Å². The zero-order valence-electron chi connectivity index (χ0n) is 12.1. The molecule has 0 aromatic heterocycles. The second-order valence-corrected chi connectivity index (χ2v) is 6.07. The van der Waals surface area contributed by atoms with Gasteiger partial charge in [-0.15, -0.1) is 0 Å². The Morgan fingerprint density at radius 1 is 1.57 bits per heavy atom. The van der Waals surface area contributed by atoms with E-state index in [0.717, 1.165) is 25.7 Å². The van der Waals surface area contributed by atoms with Crippen molar-refractivity contribution in [3.05, 3.63) is 39.7 Å². The highest BCUT2D eigenvalue weighted by atomic mass is 19.1. The number of nitrogens with one attached hydrogen (secondary N) is 1. The minimum Gasteiger partial charge on any atom is -0.389 e. The highest BCUT2D eigenvalue weighted by Gasteiger charge is 2.32. The van der Waals surface area contributed by atoms with E-state index >= 15 is 0 Å². The first kappa shape index (κ1) is 15.9. The first-order valence-electron chi connectivity index (χ1n) is 7.25. The lowest BCUT2D eigenvalue weighted by Gasteiger charge is -2.35. The Balaban J connectivity index is 1.88. The molecule has 1 aromatic carbocycles. The van der Waals surface area contributed by atoms with Crippen molar-refractivity contribution in [2.75, 3.05) is 6.54 Å². The topological polar surface area (TPSA) is 75.4 Å². The Hall–Kier alpha value is -1.53. The van der Waals surface area contributed by atoms with E-state index in [9.17, 15) is 19.6 Å². The van der Waals surface area contributed by atoms with Gasteiger partial charge in [-0.25, -0.2) is 0 Å². The van der Waals surface area contributed by atoms with Gasteiger partial charge in [-0.3, -0.25) is 10.1 Å². The van der Waals surface area contributed by atoms with E-state index in [2.05, 4.69) is 12.2 Å². The predicted octanol–water partition coefficient (Wildman–Crippen LogP) is 2.76. The van der Waals surface area contributed by atoms with Gasteiger partial charge in [0.2, 0.25) is 5.82 Å². The Bertz CT molecular complexity index is 524. The van der Waals surface area contributed by atoms with Crippen molar-refractivity contribution in [1.82, 2.24) is 5.32 Å². The number of nitro groups is 1. The maximum Gasteiger partial charge on any atom is 0.304 e. The molecule has 0 saturated heterocycles. The van der Waals surface area contributed by atoms with E-state index in [0.29, 0.717) is 24.6 Å². The fraction of sp³-hybridized carbons (Fsp3) is 0.600. The molecule has 116 valence electrons. The molecule has 6 heteroatoms. The first-order chi connectivity index (χ1) is 9.89. The number of hydrogen-bond donors (Lipinski definition) is 2. The maximum atomic E-state index is 13.5. The van der Waals surface area contributed by atoms with Crippen LogP contribution in [0, 0.1) is 21.8 Å². The molecule has 0 radical (unpaired) electrons. The van der Waals surface area contributed by atoms with E-state index < -0.39 is 22.0 Å². The largest absolute Gasteiger partial charge is 0.389 e. The van der Waals surface area contributed by atoms with E-state index in [4.69, 9.17) is 0 Å². The molecule has 1 aromatic rings. The molecule has 0 bridgehead atoms. The molecule has 2 rings (SSSR count). The van der Waals surface area contributed by atoms with E-state index in [1.165, 1.54) is 18.2 Å². The molecule has 21 heavy (non-hydrogen) atoms. The summed E-state index contributed by atoms with van der Waals surface area (Å²) in [6, 6.07) is 3.87. The van der Waals surface area contributed by atoms with Gasteiger partial charge in [-0.2, -0.15) is 4.39 Å². The molecular formula is C15H21FN2O3. The van der Waals surface area contributed by atoms with Crippen LogP contribution in [0.15, 0.2) is 18.2 Å². The maximum absolute atomic E-state index is 13.5. The van der Waals surface area contributed by atoms with Crippen LogP contribution in [0.4, 0.5) is 10.1 Å². The van der Waals surface area contributed by atoms with Gasteiger partial charge in [0.1, 0.15) is 0 Å². The van der Waals surface area contributed by atoms with Gasteiger partial charge in [0.15, 0.2) is 0 Å². The quantitative estimate of drug-likeness (QED) is 0.647. The lowest BCUT2D eigenvalue weighted by Crippen LogP contribution is -2.43. The number of nitrogens with zero attached hydrogens (tertiary/aromatic N) is 1. The molecule has 1 saturated carbocycles. The fourth-order valence-corrected chi connectivity index (χ4v) is 3.04. The van der Waals surface area contributed by atoms with Crippen LogP contribution in [-0.2, 0) is 6.54 Å². The average Bonchev–Trinajstić information content (AvgIpc) is 2.37. The molecule has 0 heterocycles. The number of nitro benzene ring substituents is 1. The smallest absolute Gasteiger partial charge is 0.304 e. The Morgan fingerprint density at radius 2 is 2.33 bits per heavy atom. The summed E-state index contributed by atoms with van der Waals surface area (Å²) in [6.07, 6.45) is 3.72. The van der Waals surface area contributed by atoms with Crippen molar-refractivity contribution >= 4 is 5.69 Å². The van der Waals surface area contributed by atoms with Crippen LogP contribution in [0.25, 0.3) is 0 Å². The fourth-order valence-electron chi connectivity index (χ4n) is 3.04. The lowest BCUT2D eigenvalue weighted by molar-refractivity contribution is -0.387. The third kappa shape index (κ3) is 4.22. The van der Waals surface area contributed by atoms with E-state index in [1.807, 2.05) is 0 Å². The monoisotopic (exact) mass is 296 g/mol. The van der Waals surface area contributed by atoms with Crippen molar-refractivity contribution in [3.8, 4) is 0 Å². The summed E-state index contributed by atoms with van der Waals surface area (Å²) in [4.78, 5) is 9.81. The number of rotatable bonds is 5. The zero-order chi connectivity index (χ0) is 15.5. The molecule has 2 unspecified atom stereocenters. The highest BCUT2D eigenvalue weighted by Crippen LogP contribution is 2.31. The zero-order valence-corrected chi connectivity index (χ0v) is 12.1. The second kappa shape index (κ2) is 6.49. The van der Waals surface area contributed by atoms with Crippen LogP contribution < -0.4 is 5.32 Å². The summed E-state index contributed by atoms with van der Waals surface area (Å²) in [7, 11) is 0. The molecule has 0 spiro atoms. The third-order valence-corrected chi connectivity index (χ3v) is 4.06. The molecular weight excluding hydrogens is 275 g/mol. The Labute approximate surface area is 123 Å². The van der Waals surface area contributed by atoms with Crippen molar-refractivity contribution < 1.29 is 14.4 Å². The first-order valence-corrected chi connectivity index (χ1v) is 7.25. The molecule has 5 nitrogen and oxygen atoms in total. The van der Waals surface area contributed by atoms with Gasteiger partial charge < -0.3 is 10.4 Å². The van der Waals surface area contributed by atoms with Crippen molar-refractivity contribution in [1.29, 1.82) is 0 Å². The molecule has 0 aliphatic heterocycles. The summed E-state index contributed by atoms with van der Waals surface area (Å²) >= 11 is 0. The van der Waals surface area contributed by atoms with Gasteiger partial charge >= 0.3 is 5.69 Å². The summed E-state index contributed by atoms with van der Waals surface area (Å²) in [5, 5.41) is 24.1. The van der Waals surface area contributed by atoms with Crippen LogP contribution in [0.2, 0.25) is 0 Å². The van der Waals surface area contributed by atoms with Crippen LogP contribution in [0.3, 0.4) is 0 Å². The van der Waals surface area contributed by atoms with Crippen LogP contribution in [0.5, 0.6) is 0 Å². The number of aliphatic hydroxyl groups is 1. The number of halogens is 1. The van der Waals surface area contributed by atoms with Gasteiger partial charge in [-0.05, 0) is 30.4 Å². The molecule has 0 amide bonds. The van der Waals surface area contributed by atoms with Gasteiger partial charge in [0.25, 0.3) is 0 Å². The van der Waals surface area contributed by atoms with Crippen molar-refractivity contribution in [2.45, 2.75) is 44.8 Å².